The minimum Gasteiger partial charge on any atom is -0.507 e. The van der Waals surface area contributed by atoms with Crippen molar-refractivity contribution in [1.82, 2.24) is 9.88 Å². The Morgan fingerprint density at radius 3 is 2.60 bits per heavy atom. The molecule has 1 aromatic carbocycles. The van der Waals surface area contributed by atoms with Gasteiger partial charge in [-0.3, -0.25) is 14.6 Å². The molecular weight excluding hydrogens is 380 g/mol. The van der Waals surface area contributed by atoms with Crippen LogP contribution in [0, 0.1) is 12.8 Å². The van der Waals surface area contributed by atoms with Crippen LogP contribution in [0.5, 0.6) is 5.75 Å². The number of nitrogens with zero attached hydrogens (tertiary/aromatic N) is 2. The third-order valence-electron chi connectivity index (χ3n) is 4.99. The molecule has 1 aliphatic rings. The summed E-state index contributed by atoms with van der Waals surface area (Å²) in [5.41, 5.74) is 1.94. The first-order valence-corrected chi connectivity index (χ1v) is 10.3. The Bertz CT molecular complexity index is 966. The molecule has 158 valence electrons. The third kappa shape index (κ3) is 4.22. The van der Waals surface area contributed by atoms with Gasteiger partial charge in [0.15, 0.2) is 0 Å². The predicted octanol–water partition coefficient (Wildman–Crippen LogP) is 4.26. The maximum absolute atomic E-state index is 12.9. The number of aromatic nitrogens is 1. The normalized spacial score (nSPS) is 18.3. The van der Waals surface area contributed by atoms with E-state index in [1.807, 2.05) is 13.8 Å². The van der Waals surface area contributed by atoms with Gasteiger partial charge in [-0.1, -0.05) is 26.8 Å². The fourth-order valence-electron chi connectivity index (χ4n) is 3.57. The first-order valence-electron chi connectivity index (χ1n) is 10.3. The van der Waals surface area contributed by atoms with Crippen molar-refractivity contribution in [3.63, 3.8) is 0 Å². The van der Waals surface area contributed by atoms with Gasteiger partial charge >= 0.3 is 0 Å². The summed E-state index contributed by atoms with van der Waals surface area (Å²) in [4.78, 5) is 31.4. The molecule has 1 unspecified atom stereocenters. The number of aliphatic hydroxyl groups is 1. The van der Waals surface area contributed by atoms with E-state index in [9.17, 15) is 14.7 Å². The lowest BCUT2D eigenvalue weighted by atomic mass is 9.97. The number of carbonyl (C=O) groups excluding carboxylic acids is 2. The number of hydrogen-bond acceptors (Lipinski definition) is 5. The van der Waals surface area contributed by atoms with Gasteiger partial charge in [-0.2, -0.15) is 0 Å². The number of aliphatic hydroxyl groups excluding tert-OH is 1. The number of benzene rings is 1. The van der Waals surface area contributed by atoms with Gasteiger partial charge in [0.05, 0.1) is 17.9 Å². The average Bonchev–Trinajstić information content (AvgIpc) is 2.98. The molecule has 30 heavy (non-hydrogen) atoms. The summed E-state index contributed by atoms with van der Waals surface area (Å²) in [6, 6.07) is 9.90. The molecule has 6 nitrogen and oxygen atoms in total. The van der Waals surface area contributed by atoms with Gasteiger partial charge in [0.1, 0.15) is 17.6 Å². The van der Waals surface area contributed by atoms with Crippen LogP contribution in [0.4, 0.5) is 0 Å². The molecule has 0 bridgehead atoms. The fourth-order valence-corrected chi connectivity index (χ4v) is 3.57. The Labute approximate surface area is 177 Å². The van der Waals surface area contributed by atoms with E-state index in [1.54, 1.807) is 42.6 Å². The lowest BCUT2D eigenvalue weighted by Crippen LogP contribution is -2.30. The zero-order valence-electron chi connectivity index (χ0n) is 17.9. The molecule has 0 aliphatic carbocycles. The highest BCUT2D eigenvalue weighted by Gasteiger charge is 2.46. The number of likely N-dealkylation sites (tertiary alicyclic amines) is 1. The minimum atomic E-state index is -0.705. The predicted molar refractivity (Wildman–Crippen MR) is 115 cm³/mol. The van der Waals surface area contributed by atoms with Crippen LogP contribution in [-0.4, -0.2) is 39.8 Å². The van der Waals surface area contributed by atoms with Crippen LogP contribution in [-0.2, 0) is 9.59 Å². The van der Waals surface area contributed by atoms with Gasteiger partial charge in [0, 0.05) is 18.3 Å². The van der Waals surface area contributed by atoms with Crippen molar-refractivity contribution in [2.75, 3.05) is 13.2 Å². The van der Waals surface area contributed by atoms with Crippen LogP contribution in [0.3, 0.4) is 0 Å². The highest BCUT2D eigenvalue weighted by molar-refractivity contribution is 6.46. The standard InChI is InChI=1S/C24H28N2O4/c1-5-12-26-21(18-8-6-7-11-25-18)20(23(28)24(26)29)22(27)17-9-10-19(16(4)13-17)30-14-15(2)3/h6-11,13,15,21,27H,5,12,14H2,1-4H3/b22-20-. The van der Waals surface area contributed by atoms with Crippen molar-refractivity contribution in [3.05, 3.63) is 65.0 Å². The summed E-state index contributed by atoms with van der Waals surface area (Å²) in [7, 11) is 0. The number of aryl methyl sites for hydroxylation is 1. The largest absolute Gasteiger partial charge is 0.507 e. The van der Waals surface area contributed by atoms with Crippen LogP contribution < -0.4 is 4.74 Å². The lowest BCUT2D eigenvalue weighted by molar-refractivity contribution is -0.139. The van der Waals surface area contributed by atoms with Gasteiger partial charge in [0.2, 0.25) is 0 Å². The zero-order valence-corrected chi connectivity index (χ0v) is 17.9. The van der Waals surface area contributed by atoms with E-state index in [4.69, 9.17) is 4.74 Å². The number of Topliss-reactive ketones (excluding diaryl/α,β-unsaturated/α-hetero) is 1. The fraction of sp³-hybridized carbons (Fsp3) is 0.375. The molecule has 1 saturated heterocycles. The zero-order chi connectivity index (χ0) is 21.8. The SMILES string of the molecule is CCCN1C(=O)C(=O)/C(=C(\O)c2ccc(OCC(C)C)c(C)c2)C1c1ccccn1. The van der Waals surface area contributed by atoms with E-state index in [-0.39, 0.29) is 11.3 Å². The van der Waals surface area contributed by atoms with Crippen LogP contribution in [0.25, 0.3) is 5.76 Å². The molecule has 1 fully saturated rings. The molecule has 1 amide bonds. The maximum Gasteiger partial charge on any atom is 0.295 e. The number of hydrogen-bond donors (Lipinski definition) is 1. The van der Waals surface area contributed by atoms with Crippen molar-refractivity contribution in [3.8, 4) is 5.75 Å². The number of amides is 1. The number of rotatable bonds is 7. The van der Waals surface area contributed by atoms with Gasteiger partial charge < -0.3 is 14.7 Å². The van der Waals surface area contributed by atoms with E-state index < -0.39 is 17.7 Å². The van der Waals surface area contributed by atoms with E-state index in [0.29, 0.717) is 36.7 Å². The molecule has 1 atom stereocenters. The Balaban J connectivity index is 2.06. The average molecular weight is 408 g/mol. The second-order valence-electron chi connectivity index (χ2n) is 7.93. The quantitative estimate of drug-likeness (QED) is 0.421. The summed E-state index contributed by atoms with van der Waals surface area (Å²) in [5, 5.41) is 11.1. The van der Waals surface area contributed by atoms with Crippen LogP contribution in [0.15, 0.2) is 48.2 Å². The first kappa shape index (κ1) is 21.6. The van der Waals surface area contributed by atoms with Gasteiger partial charge in [-0.15, -0.1) is 0 Å². The maximum atomic E-state index is 12.9. The van der Waals surface area contributed by atoms with Crippen molar-refractivity contribution >= 4 is 17.4 Å². The van der Waals surface area contributed by atoms with Crippen molar-refractivity contribution < 1.29 is 19.4 Å². The summed E-state index contributed by atoms with van der Waals surface area (Å²) in [6.07, 6.45) is 2.31. The van der Waals surface area contributed by atoms with Gasteiger partial charge in [-0.25, -0.2) is 0 Å². The van der Waals surface area contributed by atoms with Crippen molar-refractivity contribution in [1.29, 1.82) is 0 Å². The summed E-state index contributed by atoms with van der Waals surface area (Å²) < 4.78 is 5.80. The number of pyridine rings is 1. The van der Waals surface area contributed by atoms with Gasteiger partial charge in [-0.05, 0) is 55.2 Å². The summed E-state index contributed by atoms with van der Waals surface area (Å²) in [5.74, 6) is -0.364. The molecule has 1 aromatic heterocycles. The molecule has 0 radical (unpaired) electrons. The highest BCUT2D eigenvalue weighted by atomic mass is 16.5. The summed E-state index contributed by atoms with van der Waals surface area (Å²) in [6.45, 7) is 8.97. The Morgan fingerprint density at radius 1 is 1.23 bits per heavy atom. The monoisotopic (exact) mass is 408 g/mol. The van der Waals surface area contributed by atoms with Crippen LogP contribution in [0.2, 0.25) is 0 Å². The van der Waals surface area contributed by atoms with Crippen molar-refractivity contribution in [2.24, 2.45) is 5.92 Å². The highest BCUT2D eigenvalue weighted by Crippen LogP contribution is 2.39. The first-order chi connectivity index (χ1) is 14.3. The van der Waals surface area contributed by atoms with Crippen molar-refractivity contribution in [2.45, 2.75) is 40.2 Å². The van der Waals surface area contributed by atoms with Crippen LogP contribution >= 0.6 is 0 Å². The lowest BCUT2D eigenvalue weighted by Gasteiger charge is -2.24. The van der Waals surface area contributed by atoms with E-state index in [0.717, 1.165) is 11.3 Å². The molecule has 6 heteroatoms. The molecule has 0 spiro atoms. The second kappa shape index (κ2) is 9.11. The topological polar surface area (TPSA) is 79.7 Å². The smallest absolute Gasteiger partial charge is 0.295 e. The summed E-state index contributed by atoms with van der Waals surface area (Å²) >= 11 is 0. The minimum absolute atomic E-state index is 0.0717. The molecule has 2 heterocycles. The molecular formula is C24H28N2O4. The number of ether oxygens (including phenoxy) is 1. The third-order valence-corrected chi connectivity index (χ3v) is 4.99. The van der Waals surface area contributed by atoms with E-state index in [2.05, 4.69) is 18.8 Å². The van der Waals surface area contributed by atoms with E-state index >= 15 is 0 Å². The Hall–Kier alpha value is -3.15. The number of ketones is 1. The molecule has 3 rings (SSSR count). The molecule has 1 aliphatic heterocycles. The van der Waals surface area contributed by atoms with Crippen LogP contribution in [0.1, 0.15) is 50.1 Å². The molecule has 2 aromatic rings. The van der Waals surface area contributed by atoms with E-state index in [1.165, 1.54) is 4.90 Å². The molecule has 0 saturated carbocycles. The Kier molecular flexibility index (Phi) is 6.55. The number of carbonyl (C=O) groups is 2. The van der Waals surface area contributed by atoms with Gasteiger partial charge in [0.25, 0.3) is 11.7 Å². The molecule has 1 N–H and O–H groups in total. The Morgan fingerprint density at radius 2 is 2.00 bits per heavy atom. The second-order valence-corrected chi connectivity index (χ2v) is 7.93.